The Morgan fingerprint density at radius 2 is 1.52 bits per heavy atom. The van der Waals surface area contributed by atoms with Crippen molar-refractivity contribution < 1.29 is 9.13 Å². The zero-order valence-electron chi connectivity index (χ0n) is 13.9. The van der Waals surface area contributed by atoms with Gasteiger partial charge in [0.2, 0.25) is 0 Å². The highest BCUT2D eigenvalue weighted by Gasteiger charge is 1.96. The molecule has 3 rings (SSSR count). The Kier molecular flexibility index (Phi) is 5.94. The highest BCUT2D eigenvalue weighted by Crippen LogP contribution is 2.13. The van der Waals surface area contributed by atoms with Gasteiger partial charge in [0.1, 0.15) is 18.2 Å². The maximum absolute atomic E-state index is 12.8. The molecule has 0 radical (unpaired) electrons. The molecule has 0 heterocycles. The third-order valence-electron chi connectivity index (χ3n) is 3.81. The summed E-state index contributed by atoms with van der Waals surface area (Å²) in [4.78, 5) is 4.42. The van der Waals surface area contributed by atoms with Crippen molar-refractivity contribution in [3.8, 4) is 5.75 Å². The number of ether oxygens (including phenoxy) is 1. The standard InChI is InChI=1S/C22H20FNO/c23-21-10-6-18(7-11-21)14-15-24-16-19-8-12-22(13-9-19)25-17-20-4-2-1-3-5-20/h1-13,16H,14-15,17H2. The molecule has 0 fully saturated rings. The maximum atomic E-state index is 12.8. The summed E-state index contributed by atoms with van der Waals surface area (Å²) in [7, 11) is 0. The minimum absolute atomic E-state index is 0.207. The van der Waals surface area contributed by atoms with E-state index in [-0.39, 0.29) is 5.82 Å². The molecule has 0 saturated carbocycles. The molecule has 0 saturated heterocycles. The molecule has 3 heteroatoms. The predicted octanol–water partition coefficient (Wildman–Crippen LogP) is 5.07. The third kappa shape index (κ3) is 5.57. The van der Waals surface area contributed by atoms with Gasteiger partial charge >= 0.3 is 0 Å². The first kappa shape index (κ1) is 16.9. The molecule has 0 aromatic heterocycles. The number of nitrogens with zero attached hydrogens (tertiary/aromatic N) is 1. The average Bonchev–Trinajstić information content (AvgIpc) is 2.67. The number of halogens is 1. The van der Waals surface area contributed by atoms with E-state index >= 15 is 0 Å². The van der Waals surface area contributed by atoms with Gasteiger partial charge < -0.3 is 4.74 Å². The molecule has 0 aliphatic carbocycles. The van der Waals surface area contributed by atoms with Gasteiger partial charge in [-0.05, 0) is 59.5 Å². The van der Waals surface area contributed by atoms with Crippen LogP contribution in [0.5, 0.6) is 5.75 Å². The number of hydrogen-bond acceptors (Lipinski definition) is 2. The van der Waals surface area contributed by atoms with Crippen LogP contribution in [0.1, 0.15) is 16.7 Å². The van der Waals surface area contributed by atoms with Crippen LogP contribution in [-0.4, -0.2) is 12.8 Å². The quantitative estimate of drug-likeness (QED) is 0.553. The summed E-state index contributed by atoms with van der Waals surface area (Å²) < 4.78 is 18.6. The summed E-state index contributed by atoms with van der Waals surface area (Å²) in [6.45, 7) is 1.24. The lowest BCUT2D eigenvalue weighted by Gasteiger charge is -2.06. The lowest BCUT2D eigenvalue weighted by molar-refractivity contribution is 0.306. The molecular formula is C22H20FNO. The molecule has 25 heavy (non-hydrogen) atoms. The van der Waals surface area contributed by atoms with E-state index in [1.165, 1.54) is 12.1 Å². The Hall–Kier alpha value is -2.94. The molecule has 3 aromatic carbocycles. The van der Waals surface area contributed by atoms with E-state index in [0.717, 1.165) is 28.9 Å². The number of aliphatic imine (C=N–C) groups is 1. The van der Waals surface area contributed by atoms with E-state index in [1.54, 1.807) is 12.1 Å². The van der Waals surface area contributed by atoms with Gasteiger partial charge in [0.15, 0.2) is 0 Å². The Bertz CT molecular complexity index is 796. The molecule has 0 aliphatic rings. The first-order valence-corrected chi connectivity index (χ1v) is 8.31. The molecular weight excluding hydrogens is 313 g/mol. The van der Waals surface area contributed by atoms with Crippen molar-refractivity contribution in [2.24, 2.45) is 4.99 Å². The summed E-state index contributed by atoms with van der Waals surface area (Å²) in [6.07, 6.45) is 2.65. The molecule has 0 atom stereocenters. The van der Waals surface area contributed by atoms with Crippen LogP contribution in [0.15, 0.2) is 83.9 Å². The van der Waals surface area contributed by atoms with E-state index in [1.807, 2.05) is 60.8 Å². The zero-order chi connectivity index (χ0) is 17.3. The fraction of sp³-hybridized carbons (Fsp3) is 0.136. The highest BCUT2D eigenvalue weighted by molar-refractivity contribution is 5.79. The molecule has 0 spiro atoms. The van der Waals surface area contributed by atoms with Crippen LogP contribution in [-0.2, 0) is 13.0 Å². The van der Waals surface area contributed by atoms with Gasteiger partial charge in [-0.3, -0.25) is 4.99 Å². The summed E-state index contributed by atoms with van der Waals surface area (Å²) >= 11 is 0. The van der Waals surface area contributed by atoms with Gasteiger partial charge in [0.25, 0.3) is 0 Å². The molecule has 0 aliphatic heterocycles. The van der Waals surface area contributed by atoms with Gasteiger partial charge in [-0.25, -0.2) is 4.39 Å². The van der Waals surface area contributed by atoms with Crippen molar-refractivity contribution in [1.29, 1.82) is 0 Å². The van der Waals surface area contributed by atoms with E-state index in [0.29, 0.717) is 13.2 Å². The Labute approximate surface area is 147 Å². The summed E-state index contributed by atoms with van der Waals surface area (Å²) in [5.41, 5.74) is 3.27. The van der Waals surface area contributed by atoms with Gasteiger partial charge in [-0.1, -0.05) is 42.5 Å². The Morgan fingerprint density at radius 3 is 2.24 bits per heavy atom. The molecule has 0 amide bonds. The molecule has 0 unspecified atom stereocenters. The first-order valence-electron chi connectivity index (χ1n) is 8.31. The molecule has 2 nitrogen and oxygen atoms in total. The average molecular weight is 333 g/mol. The van der Waals surface area contributed by atoms with Crippen molar-refractivity contribution in [1.82, 2.24) is 0 Å². The molecule has 0 bridgehead atoms. The van der Waals surface area contributed by atoms with Crippen molar-refractivity contribution in [2.45, 2.75) is 13.0 Å². The number of benzene rings is 3. The largest absolute Gasteiger partial charge is 0.489 e. The van der Waals surface area contributed by atoms with E-state index in [4.69, 9.17) is 4.74 Å². The molecule has 0 N–H and O–H groups in total. The van der Waals surface area contributed by atoms with Gasteiger partial charge in [-0.2, -0.15) is 0 Å². The lowest BCUT2D eigenvalue weighted by Crippen LogP contribution is -1.95. The lowest BCUT2D eigenvalue weighted by atomic mass is 10.1. The molecule has 126 valence electrons. The second-order valence-electron chi connectivity index (χ2n) is 5.76. The monoisotopic (exact) mass is 333 g/mol. The maximum Gasteiger partial charge on any atom is 0.123 e. The second-order valence-corrected chi connectivity index (χ2v) is 5.76. The summed E-state index contributed by atoms with van der Waals surface area (Å²) in [6, 6.07) is 24.5. The Balaban J connectivity index is 1.46. The van der Waals surface area contributed by atoms with Crippen LogP contribution < -0.4 is 4.74 Å². The van der Waals surface area contributed by atoms with Crippen LogP contribution >= 0.6 is 0 Å². The van der Waals surface area contributed by atoms with Crippen molar-refractivity contribution >= 4 is 6.21 Å². The van der Waals surface area contributed by atoms with E-state index in [2.05, 4.69) is 4.99 Å². The third-order valence-corrected chi connectivity index (χ3v) is 3.81. The zero-order valence-corrected chi connectivity index (χ0v) is 13.9. The Morgan fingerprint density at radius 1 is 0.800 bits per heavy atom. The van der Waals surface area contributed by atoms with Crippen LogP contribution in [0.25, 0.3) is 0 Å². The topological polar surface area (TPSA) is 21.6 Å². The van der Waals surface area contributed by atoms with Gasteiger partial charge in [0.05, 0.1) is 0 Å². The van der Waals surface area contributed by atoms with Crippen molar-refractivity contribution in [3.63, 3.8) is 0 Å². The van der Waals surface area contributed by atoms with Crippen molar-refractivity contribution in [3.05, 3.63) is 101 Å². The highest BCUT2D eigenvalue weighted by atomic mass is 19.1. The van der Waals surface area contributed by atoms with Crippen molar-refractivity contribution in [2.75, 3.05) is 6.54 Å². The van der Waals surface area contributed by atoms with E-state index < -0.39 is 0 Å². The smallest absolute Gasteiger partial charge is 0.123 e. The van der Waals surface area contributed by atoms with Crippen LogP contribution in [0.4, 0.5) is 4.39 Å². The van der Waals surface area contributed by atoms with Gasteiger partial charge in [-0.15, -0.1) is 0 Å². The number of hydrogen-bond donors (Lipinski definition) is 0. The minimum Gasteiger partial charge on any atom is -0.489 e. The SMILES string of the molecule is Fc1ccc(CCN=Cc2ccc(OCc3ccccc3)cc2)cc1. The minimum atomic E-state index is -0.207. The number of rotatable bonds is 7. The van der Waals surface area contributed by atoms with E-state index in [9.17, 15) is 4.39 Å². The summed E-state index contributed by atoms with van der Waals surface area (Å²) in [5, 5.41) is 0. The van der Waals surface area contributed by atoms with Gasteiger partial charge in [0, 0.05) is 12.8 Å². The fourth-order valence-corrected chi connectivity index (χ4v) is 2.41. The fourth-order valence-electron chi connectivity index (χ4n) is 2.41. The van der Waals surface area contributed by atoms with Crippen LogP contribution in [0, 0.1) is 5.82 Å². The predicted molar refractivity (Wildman–Crippen MR) is 99.8 cm³/mol. The first-order chi connectivity index (χ1) is 12.3. The molecule has 3 aromatic rings. The summed E-state index contributed by atoms with van der Waals surface area (Å²) in [5.74, 6) is 0.633. The second kappa shape index (κ2) is 8.78. The van der Waals surface area contributed by atoms with Crippen LogP contribution in [0.3, 0.4) is 0 Å². The normalized spacial score (nSPS) is 10.9. The van der Waals surface area contributed by atoms with Crippen LogP contribution in [0.2, 0.25) is 0 Å².